The van der Waals surface area contributed by atoms with Crippen LogP contribution in [0.15, 0.2) is 12.4 Å². The van der Waals surface area contributed by atoms with E-state index in [2.05, 4.69) is 25.1 Å². The van der Waals surface area contributed by atoms with Crippen LogP contribution >= 0.6 is 0 Å². The van der Waals surface area contributed by atoms with Crippen LogP contribution in [0.4, 0.5) is 5.82 Å². The molecule has 3 rings (SSSR count). The second-order valence-electron chi connectivity index (χ2n) is 5.47. The van der Waals surface area contributed by atoms with Crippen molar-refractivity contribution < 1.29 is 4.74 Å². The first kappa shape index (κ1) is 13.7. The van der Waals surface area contributed by atoms with Crippen molar-refractivity contribution >= 4 is 5.82 Å². The normalized spacial score (nSPS) is 24.9. The molecule has 0 radical (unpaired) electrons. The first-order valence-electron chi connectivity index (χ1n) is 7.38. The van der Waals surface area contributed by atoms with Crippen LogP contribution in [0.1, 0.15) is 12.1 Å². The van der Waals surface area contributed by atoms with E-state index < -0.39 is 0 Å². The number of nitrogens with one attached hydrogen (secondary N) is 1. The van der Waals surface area contributed by atoms with Gasteiger partial charge in [0.05, 0.1) is 31.3 Å². The van der Waals surface area contributed by atoms with Crippen LogP contribution in [0.25, 0.3) is 0 Å². The topological polar surface area (TPSA) is 53.5 Å². The van der Waals surface area contributed by atoms with Crippen LogP contribution in [-0.4, -0.2) is 72.3 Å². The molecule has 1 atom stereocenters. The lowest BCUT2D eigenvalue weighted by molar-refractivity contribution is 0.0183. The fourth-order valence-electron chi connectivity index (χ4n) is 2.99. The Balaban J connectivity index is 1.51. The van der Waals surface area contributed by atoms with Crippen molar-refractivity contribution in [3.8, 4) is 0 Å². The lowest BCUT2D eigenvalue weighted by Gasteiger charge is -2.32. The summed E-state index contributed by atoms with van der Waals surface area (Å²) < 4.78 is 5.42. The summed E-state index contributed by atoms with van der Waals surface area (Å²) >= 11 is 0. The van der Waals surface area contributed by atoms with Crippen molar-refractivity contribution in [2.75, 3.05) is 51.8 Å². The van der Waals surface area contributed by atoms with E-state index in [4.69, 9.17) is 4.74 Å². The van der Waals surface area contributed by atoms with Crippen LogP contribution in [0.3, 0.4) is 0 Å². The predicted octanol–water partition coefficient (Wildman–Crippen LogP) is 0.425. The molecule has 0 bridgehead atoms. The summed E-state index contributed by atoms with van der Waals surface area (Å²) in [6, 6.07) is 0.684. The zero-order chi connectivity index (χ0) is 13.8. The van der Waals surface area contributed by atoms with Gasteiger partial charge in [0.15, 0.2) is 0 Å². The number of likely N-dealkylation sites (tertiary alicyclic amines) is 1. The molecule has 2 fully saturated rings. The second kappa shape index (κ2) is 6.47. The average molecular weight is 277 g/mol. The molecular formula is C14H23N5O. The van der Waals surface area contributed by atoms with Crippen LogP contribution in [-0.2, 0) is 11.3 Å². The third-order valence-corrected chi connectivity index (χ3v) is 4.16. The van der Waals surface area contributed by atoms with Gasteiger partial charge in [0, 0.05) is 45.8 Å². The number of ether oxygens (including phenoxy) is 1. The van der Waals surface area contributed by atoms with Gasteiger partial charge in [-0.25, -0.2) is 4.98 Å². The Morgan fingerprint density at radius 1 is 1.25 bits per heavy atom. The Kier molecular flexibility index (Phi) is 4.44. The molecule has 110 valence electrons. The van der Waals surface area contributed by atoms with E-state index in [1.54, 1.807) is 6.20 Å². The summed E-state index contributed by atoms with van der Waals surface area (Å²) in [7, 11) is 1.86. The maximum absolute atomic E-state index is 5.42. The highest BCUT2D eigenvalue weighted by Crippen LogP contribution is 2.18. The molecule has 2 aliphatic rings. The largest absolute Gasteiger partial charge is 0.379 e. The summed E-state index contributed by atoms with van der Waals surface area (Å²) in [5.41, 5.74) is 1.05. The molecule has 0 saturated carbocycles. The molecule has 0 amide bonds. The third kappa shape index (κ3) is 3.26. The van der Waals surface area contributed by atoms with E-state index in [9.17, 15) is 0 Å². The molecule has 6 nitrogen and oxygen atoms in total. The molecule has 1 unspecified atom stereocenters. The van der Waals surface area contributed by atoms with Gasteiger partial charge in [0.2, 0.25) is 0 Å². The van der Waals surface area contributed by atoms with Crippen molar-refractivity contribution in [3.05, 3.63) is 18.1 Å². The predicted molar refractivity (Wildman–Crippen MR) is 77.7 cm³/mol. The number of rotatable bonds is 4. The molecular weight excluding hydrogens is 254 g/mol. The van der Waals surface area contributed by atoms with E-state index in [0.717, 1.165) is 57.4 Å². The Labute approximate surface area is 120 Å². The molecule has 3 heterocycles. The van der Waals surface area contributed by atoms with E-state index >= 15 is 0 Å². The number of anilines is 1. The SMILES string of the molecule is CNc1cnc(CN2CCC(N3CCOCC3)C2)cn1. The van der Waals surface area contributed by atoms with E-state index in [0.29, 0.717) is 6.04 Å². The lowest BCUT2D eigenvalue weighted by atomic mass is 10.2. The van der Waals surface area contributed by atoms with Crippen LogP contribution in [0.2, 0.25) is 0 Å². The fraction of sp³-hybridized carbons (Fsp3) is 0.714. The maximum atomic E-state index is 5.42. The number of aromatic nitrogens is 2. The standard InChI is InChI=1S/C14H23N5O/c1-15-14-9-16-12(8-17-14)10-18-3-2-13(11-18)19-4-6-20-7-5-19/h8-9,13H,2-7,10-11H2,1H3,(H,15,17). The van der Waals surface area contributed by atoms with Gasteiger partial charge in [-0.1, -0.05) is 0 Å². The average Bonchev–Trinajstić information content (AvgIpc) is 2.97. The highest BCUT2D eigenvalue weighted by Gasteiger charge is 2.28. The van der Waals surface area contributed by atoms with Gasteiger partial charge in [0.25, 0.3) is 0 Å². The number of hydrogen-bond donors (Lipinski definition) is 1. The van der Waals surface area contributed by atoms with Crippen LogP contribution in [0, 0.1) is 0 Å². The quantitative estimate of drug-likeness (QED) is 0.861. The fourth-order valence-corrected chi connectivity index (χ4v) is 2.99. The molecule has 2 saturated heterocycles. The van der Waals surface area contributed by atoms with Crippen molar-refractivity contribution in [1.82, 2.24) is 19.8 Å². The van der Waals surface area contributed by atoms with Gasteiger partial charge < -0.3 is 10.1 Å². The molecule has 2 aliphatic heterocycles. The zero-order valence-electron chi connectivity index (χ0n) is 12.1. The third-order valence-electron chi connectivity index (χ3n) is 4.16. The Bertz CT molecular complexity index is 418. The molecule has 20 heavy (non-hydrogen) atoms. The lowest BCUT2D eigenvalue weighted by Crippen LogP contribution is -2.44. The van der Waals surface area contributed by atoms with E-state index in [1.807, 2.05) is 13.2 Å². The monoisotopic (exact) mass is 277 g/mol. The van der Waals surface area contributed by atoms with Crippen molar-refractivity contribution in [2.24, 2.45) is 0 Å². The Hall–Kier alpha value is -1.24. The Morgan fingerprint density at radius 2 is 2.10 bits per heavy atom. The van der Waals surface area contributed by atoms with Crippen LogP contribution in [0.5, 0.6) is 0 Å². The van der Waals surface area contributed by atoms with Gasteiger partial charge in [0.1, 0.15) is 5.82 Å². The molecule has 1 aromatic heterocycles. The van der Waals surface area contributed by atoms with Gasteiger partial charge in [-0.05, 0) is 6.42 Å². The summed E-state index contributed by atoms with van der Waals surface area (Å²) in [5, 5.41) is 2.99. The minimum absolute atomic E-state index is 0.684. The zero-order valence-corrected chi connectivity index (χ0v) is 12.1. The molecule has 0 aliphatic carbocycles. The summed E-state index contributed by atoms with van der Waals surface area (Å²) in [5.74, 6) is 0.821. The Morgan fingerprint density at radius 3 is 2.80 bits per heavy atom. The highest BCUT2D eigenvalue weighted by atomic mass is 16.5. The van der Waals surface area contributed by atoms with E-state index in [1.165, 1.54) is 6.42 Å². The van der Waals surface area contributed by atoms with Gasteiger partial charge >= 0.3 is 0 Å². The van der Waals surface area contributed by atoms with E-state index in [-0.39, 0.29) is 0 Å². The maximum Gasteiger partial charge on any atom is 0.144 e. The molecule has 0 aromatic carbocycles. The van der Waals surface area contributed by atoms with Crippen molar-refractivity contribution in [2.45, 2.75) is 19.0 Å². The minimum atomic E-state index is 0.684. The van der Waals surface area contributed by atoms with Crippen LogP contribution < -0.4 is 5.32 Å². The number of morpholine rings is 1. The van der Waals surface area contributed by atoms with Gasteiger partial charge in [-0.2, -0.15) is 0 Å². The number of nitrogens with zero attached hydrogens (tertiary/aromatic N) is 4. The second-order valence-corrected chi connectivity index (χ2v) is 5.47. The van der Waals surface area contributed by atoms with Crippen molar-refractivity contribution in [3.63, 3.8) is 0 Å². The van der Waals surface area contributed by atoms with Gasteiger partial charge in [-0.15, -0.1) is 0 Å². The first-order valence-corrected chi connectivity index (χ1v) is 7.38. The summed E-state index contributed by atoms with van der Waals surface area (Å²) in [4.78, 5) is 13.8. The highest BCUT2D eigenvalue weighted by molar-refractivity contribution is 5.29. The van der Waals surface area contributed by atoms with Crippen molar-refractivity contribution in [1.29, 1.82) is 0 Å². The smallest absolute Gasteiger partial charge is 0.144 e. The first-order chi connectivity index (χ1) is 9.85. The minimum Gasteiger partial charge on any atom is -0.379 e. The molecule has 0 spiro atoms. The molecule has 6 heteroatoms. The number of hydrogen-bond acceptors (Lipinski definition) is 6. The molecule has 1 N–H and O–H groups in total. The van der Waals surface area contributed by atoms with Gasteiger partial charge in [-0.3, -0.25) is 14.8 Å². The summed E-state index contributed by atoms with van der Waals surface area (Å²) in [6.07, 6.45) is 4.92. The molecule has 1 aromatic rings. The summed E-state index contributed by atoms with van der Waals surface area (Å²) in [6.45, 7) is 7.11.